The summed E-state index contributed by atoms with van der Waals surface area (Å²) >= 11 is 17.9. The number of halogens is 3. The lowest BCUT2D eigenvalue weighted by atomic mass is 9.96. The molecule has 27 heavy (non-hydrogen) atoms. The highest BCUT2D eigenvalue weighted by molar-refractivity contribution is 6.43. The number of piperidine rings is 1. The molecule has 1 heterocycles. The van der Waals surface area contributed by atoms with Crippen molar-refractivity contribution in [2.45, 2.75) is 19.3 Å². The molecule has 0 aliphatic carbocycles. The van der Waals surface area contributed by atoms with E-state index in [0.29, 0.717) is 59.9 Å². The summed E-state index contributed by atoms with van der Waals surface area (Å²) in [6, 6.07) is 2.96. The summed E-state index contributed by atoms with van der Waals surface area (Å²) in [4.78, 5) is 26.2. The molecule has 1 aliphatic rings. The molecule has 9 heteroatoms. The third-order valence-corrected chi connectivity index (χ3v) is 5.39. The van der Waals surface area contributed by atoms with Gasteiger partial charge >= 0.3 is 0 Å². The van der Waals surface area contributed by atoms with Gasteiger partial charge in [-0.25, -0.2) is 0 Å². The fraction of sp³-hybridized carbons (Fsp3) is 0.556. The quantitative estimate of drug-likeness (QED) is 0.500. The van der Waals surface area contributed by atoms with Gasteiger partial charge in [-0.3, -0.25) is 9.59 Å². The molecule has 150 valence electrons. The minimum absolute atomic E-state index is 0.0389. The third-order valence-electron chi connectivity index (χ3n) is 4.37. The number of ether oxygens (including phenoxy) is 2. The molecule has 1 aromatic carbocycles. The first kappa shape index (κ1) is 22.1. The van der Waals surface area contributed by atoms with Crippen LogP contribution in [0.2, 0.25) is 15.1 Å². The number of carbonyl (C=O) groups is 2. The van der Waals surface area contributed by atoms with Crippen LogP contribution in [0.5, 0.6) is 5.75 Å². The van der Waals surface area contributed by atoms with E-state index in [1.54, 1.807) is 12.0 Å². The van der Waals surface area contributed by atoms with Crippen molar-refractivity contribution < 1.29 is 19.1 Å². The minimum Gasteiger partial charge on any atom is -0.482 e. The molecule has 0 aromatic heterocycles. The molecule has 0 spiro atoms. The Morgan fingerprint density at radius 2 is 1.81 bits per heavy atom. The zero-order chi connectivity index (χ0) is 19.8. The molecule has 1 fully saturated rings. The van der Waals surface area contributed by atoms with Crippen LogP contribution in [0.25, 0.3) is 0 Å². The van der Waals surface area contributed by atoms with Crippen molar-refractivity contribution in [2.24, 2.45) is 5.92 Å². The van der Waals surface area contributed by atoms with Gasteiger partial charge in [0.2, 0.25) is 5.91 Å². The van der Waals surface area contributed by atoms with Crippen molar-refractivity contribution in [3.63, 3.8) is 0 Å². The maximum Gasteiger partial charge on any atom is 0.260 e. The van der Waals surface area contributed by atoms with E-state index < -0.39 is 0 Å². The highest BCUT2D eigenvalue weighted by Gasteiger charge is 2.27. The van der Waals surface area contributed by atoms with Crippen molar-refractivity contribution in [1.29, 1.82) is 0 Å². The summed E-state index contributed by atoms with van der Waals surface area (Å²) in [6.07, 6.45) is 2.05. The Bertz CT molecular complexity index is 664. The van der Waals surface area contributed by atoms with Crippen LogP contribution in [-0.2, 0) is 14.3 Å². The summed E-state index contributed by atoms with van der Waals surface area (Å²) in [6.45, 7) is 2.12. The minimum atomic E-state index is -0.156. The third kappa shape index (κ3) is 6.71. The van der Waals surface area contributed by atoms with Crippen LogP contribution in [0.15, 0.2) is 12.1 Å². The Morgan fingerprint density at radius 1 is 1.15 bits per heavy atom. The number of nitrogens with one attached hydrogen (secondary N) is 1. The fourth-order valence-corrected chi connectivity index (χ4v) is 3.40. The van der Waals surface area contributed by atoms with Crippen LogP contribution in [0.3, 0.4) is 0 Å². The van der Waals surface area contributed by atoms with Gasteiger partial charge in [-0.1, -0.05) is 34.8 Å². The first-order valence-electron chi connectivity index (χ1n) is 8.74. The zero-order valence-electron chi connectivity index (χ0n) is 15.1. The average Bonchev–Trinajstić information content (AvgIpc) is 2.66. The molecule has 0 bridgehead atoms. The second-order valence-electron chi connectivity index (χ2n) is 6.28. The monoisotopic (exact) mass is 436 g/mol. The molecular weight excluding hydrogens is 415 g/mol. The standard InChI is InChI=1S/C18H23Cl3N2O4/c1-26-8-2-5-22-18(25)12-3-6-23(7-4-12)17(24)11-27-16-10-14(20)13(19)9-15(16)21/h9-10,12H,2-8,11H2,1H3,(H,22,25). The second-order valence-corrected chi connectivity index (χ2v) is 7.50. The molecule has 2 amide bonds. The van der Waals surface area contributed by atoms with Crippen molar-refractivity contribution in [1.82, 2.24) is 10.2 Å². The van der Waals surface area contributed by atoms with E-state index in [9.17, 15) is 9.59 Å². The predicted molar refractivity (Wildman–Crippen MR) is 106 cm³/mol. The van der Waals surface area contributed by atoms with E-state index in [0.717, 1.165) is 6.42 Å². The molecule has 2 rings (SSSR count). The largest absolute Gasteiger partial charge is 0.482 e. The van der Waals surface area contributed by atoms with Crippen molar-refractivity contribution in [2.75, 3.05) is 40.0 Å². The number of rotatable bonds is 8. The van der Waals surface area contributed by atoms with Gasteiger partial charge in [-0.15, -0.1) is 0 Å². The lowest BCUT2D eigenvalue weighted by Gasteiger charge is -2.31. The number of hydrogen-bond acceptors (Lipinski definition) is 4. The average molecular weight is 438 g/mol. The number of benzene rings is 1. The normalized spacial score (nSPS) is 14.9. The van der Waals surface area contributed by atoms with Gasteiger partial charge in [0.15, 0.2) is 6.61 Å². The fourth-order valence-electron chi connectivity index (χ4n) is 2.81. The molecule has 0 atom stereocenters. The molecule has 0 saturated carbocycles. The van der Waals surface area contributed by atoms with Gasteiger partial charge in [-0.2, -0.15) is 0 Å². The van der Waals surface area contributed by atoms with Crippen LogP contribution >= 0.6 is 34.8 Å². The molecule has 1 saturated heterocycles. The van der Waals surface area contributed by atoms with E-state index in [1.807, 2.05) is 0 Å². The summed E-state index contributed by atoms with van der Waals surface area (Å²) in [5.74, 6) is 0.125. The van der Waals surface area contributed by atoms with Gasteiger partial charge in [-0.05, 0) is 25.3 Å². The second kappa shape index (κ2) is 11.0. The number of methoxy groups -OCH3 is 1. The number of hydrogen-bond donors (Lipinski definition) is 1. The van der Waals surface area contributed by atoms with E-state index in [4.69, 9.17) is 44.3 Å². The summed E-state index contributed by atoms with van der Waals surface area (Å²) in [5, 5.41) is 3.83. The molecule has 6 nitrogen and oxygen atoms in total. The van der Waals surface area contributed by atoms with E-state index >= 15 is 0 Å². The SMILES string of the molecule is COCCCNC(=O)C1CCN(C(=O)COc2cc(Cl)c(Cl)cc2Cl)CC1. The molecule has 0 unspecified atom stereocenters. The van der Waals surface area contributed by atoms with Crippen LogP contribution in [0.4, 0.5) is 0 Å². The van der Waals surface area contributed by atoms with E-state index in [-0.39, 0.29) is 24.3 Å². The Morgan fingerprint density at radius 3 is 2.48 bits per heavy atom. The smallest absolute Gasteiger partial charge is 0.260 e. The van der Waals surface area contributed by atoms with Crippen LogP contribution in [0.1, 0.15) is 19.3 Å². The number of likely N-dealkylation sites (tertiary alicyclic amines) is 1. The van der Waals surface area contributed by atoms with Gasteiger partial charge < -0.3 is 19.7 Å². The molecular formula is C18H23Cl3N2O4. The zero-order valence-corrected chi connectivity index (χ0v) is 17.4. The van der Waals surface area contributed by atoms with Gasteiger partial charge in [0, 0.05) is 45.3 Å². The van der Waals surface area contributed by atoms with Crippen LogP contribution in [0, 0.1) is 5.92 Å². The van der Waals surface area contributed by atoms with E-state index in [1.165, 1.54) is 12.1 Å². The Balaban J connectivity index is 1.75. The summed E-state index contributed by atoms with van der Waals surface area (Å²) in [7, 11) is 1.63. The summed E-state index contributed by atoms with van der Waals surface area (Å²) < 4.78 is 10.4. The Hall–Kier alpha value is -1.21. The highest BCUT2D eigenvalue weighted by Crippen LogP contribution is 2.33. The molecule has 1 aliphatic heterocycles. The molecule has 0 radical (unpaired) electrons. The van der Waals surface area contributed by atoms with Gasteiger partial charge in [0.25, 0.3) is 5.91 Å². The predicted octanol–water partition coefficient (Wildman–Crippen LogP) is 3.42. The molecule has 1 N–H and O–H groups in total. The number of amides is 2. The number of nitrogens with zero attached hydrogens (tertiary/aromatic N) is 1. The van der Waals surface area contributed by atoms with Gasteiger partial charge in [0.05, 0.1) is 15.1 Å². The Labute approximate surface area is 174 Å². The van der Waals surface area contributed by atoms with Crippen molar-refractivity contribution in [3.05, 3.63) is 27.2 Å². The summed E-state index contributed by atoms with van der Waals surface area (Å²) in [5.41, 5.74) is 0. The maximum absolute atomic E-state index is 12.3. The van der Waals surface area contributed by atoms with Crippen molar-refractivity contribution in [3.8, 4) is 5.75 Å². The molecule has 1 aromatic rings. The number of carbonyl (C=O) groups excluding carboxylic acids is 2. The first-order chi connectivity index (χ1) is 12.9. The highest BCUT2D eigenvalue weighted by atomic mass is 35.5. The lowest BCUT2D eigenvalue weighted by molar-refractivity contribution is -0.137. The van der Waals surface area contributed by atoms with Crippen LogP contribution < -0.4 is 10.1 Å². The Kier molecular flexibility index (Phi) is 8.96. The lowest BCUT2D eigenvalue weighted by Crippen LogP contribution is -2.44. The maximum atomic E-state index is 12.3. The van der Waals surface area contributed by atoms with Crippen molar-refractivity contribution >= 4 is 46.6 Å². The first-order valence-corrected chi connectivity index (χ1v) is 9.87. The topological polar surface area (TPSA) is 67.9 Å². The van der Waals surface area contributed by atoms with Gasteiger partial charge in [0.1, 0.15) is 5.75 Å². The van der Waals surface area contributed by atoms with E-state index in [2.05, 4.69) is 5.32 Å². The van der Waals surface area contributed by atoms with Crippen LogP contribution in [-0.4, -0.2) is 56.7 Å².